The maximum absolute atomic E-state index is 12.8. The Bertz CT molecular complexity index is 806. The summed E-state index contributed by atoms with van der Waals surface area (Å²) in [6.07, 6.45) is 10.4. The number of carbonyl (C=O) groups excluding carboxylic acids is 1. The number of nitrogens with one attached hydrogen (secondary N) is 2. The highest BCUT2D eigenvalue weighted by atomic mass is 32.2. The molecule has 132 valence electrons. The standard InChI is InChI=1S/C18H22N4O2S/c23-14-11-25-16(12-6-5-9-19-10-12)15-17(20-14)22(21-18(15)24)13-7-3-1-2-4-8-13/h5-6,9-10,13,16H,1-4,7-8,11H2,(H,20,23)(H,21,24)/t16-/m0/s1. The second kappa shape index (κ2) is 7.07. The lowest BCUT2D eigenvalue weighted by atomic mass is 10.1. The molecule has 0 aromatic carbocycles. The molecule has 3 heterocycles. The molecule has 2 N–H and O–H groups in total. The molecule has 0 bridgehead atoms. The molecule has 1 aliphatic heterocycles. The van der Waals surface area contributed by atoms with E-state index in [4.69, 9.17) is 0 Å². The first-order valence-corrected chi connectivity index (χ1v) is 9.94. The van der Waals surface area contributed by atoms with Gasteiger partial charge in [-0.3, -0.25) is 24.4 Å². The summed E-state index contributed by atoms with van der Waals surface area (Å²) in [5, 5.41) is 5.81. The smallest absolute Gasteiger partial charge is 0.270 e. The predicted molar refractivity (Wildman–Crippen MR) is 99.0 cm³/mol. The van der Waals surface area contributed by atoms with Gasteiger partial charge in [-0.05, 0) is 24.5 Å². The monoisotopic (exact) mass is 358 g/mol. The number of amides is 1. The van der Waals surface area contributed by atoms with Crippen molar-refractivity contribution in [2.75, 3.05) is 11.1 Å². The second-order valence-electron chi connectivity index (χ2n) is 6.74. The molecule has 6 nitrogen and oxygen atoms in total. The molecule has 0 unspecified atom stereocenters. The van der Waals surface area contributed by atoms with Crippen molar-refractivity contribution in [3.05, 3.63) is 46.0 Å². The minimum atomic E-state index is -0.182. The summed E-state index contributed by atoms with van der Waals surface area (Å²) < 4.78 is 1.93. The number of hydrogen-bond donors (Lipinski definition) is 2. The van der Waals surface area contributed by atoms with Crippen molar-refractivity contribution in [3.63, 3.8) is 0 Å². The van der Waals surface area contributed by atoms with Crippen LogP contribution in [0, 0.1) is 0 Å². The molecule has 1 aliphatic carbocycles. The highest BCUT2D eigenvalue weighted by Gasteiger charge is 2.32. The van der Waals surface area contributed by atoms with Gasteiger partial charge in [0.2, 0.25) is 5.91 Å². The van der Waals surface area contributed by atoms with Crippen molar-refractivity contribution in [3.8, 4) is 0 Å². The van der Waals surface area contributed by atoms with Gasteiger partial charge in [-0.1, -0.05) is 31.7 Å². The van der Waals surface area contributed by atoms with Gasteiger partial charge in [-0.15, -0.1) is 11.8 Å². The van der Waals surface area contributed by atoms with Gasteiger partial charge in [0, 0.05) is 12.4 Å². The zero-order chi connectivity index (χ0) is 17.2. The lowest BCUT2D eigenvalue weighted by molar-refractivity contribution is -0.113. The van der Waals surface area contributed by atoms with E-state index in [1.54, 1.807) is 12.4 Å². The second-order valence-corrected chi connectivity index (χ2v) is 7.84. The number of fused-ring (bicyclic) bond motifs is 1. The number of nitrogens with zero attached hydrogens (tertiary/aromatic N) is 2. The van der Waals surface area contributed by atoms with Crippen molar-refractivity contribution in [1.82, 2.24) is 14.8 Å². The fourth-order valence-electron chi connectivity index (χ4n) is 3.83. The molecule has 1 saturated carbocycles. The number of anilines is 1. The van der Waals surface area contributed by atoms with Crippen LogP contribution in [0.3, 0.4) is 0 Å². The predicted octanol–water partition coefficient (Wildman–Crippen LogP) is 3.24. The van der Waals surface area contributed by atoms with Crippen LogP contribution < -0.4 is 10.9 Å². The molecule has 1 atom stereocenters. The van der Waals surface area contributed by atoms with Crippen LogP contribution in [0.15, 0.2) is 29.3 Å². The van der Waals surface area contributed by atoms with E-state index in [-0.39, 0.29) is 22.8 Å². The van der Waals surface area contributed by atoms with Gasteiger partial charge in [0.25, 0.3) is 5.56 Å². The van der Waals surface area contributed by atoms with E-state index >= 15 is 0 Å². The van der Waals surface area contributed by atoms with Crippen LogP contribution in [0.1, 0.15) is 60.9 Å². The molecule has 0 spiro atoms. The summed E-state index contributed by atoms with van der Waals surface area (Å²) in [5.74, 6) is 0.929. The van der Waals surface area contributed by atoms with E-state index in [0.717, 1.165) is 31.2 Å². The maximum Gasteiger partial charge on any atom is 0.270 e. The lowest BCUT2D eigenvalue weighted by Crippen LogP contribution is -2.19. The Hall–Kier alpha value is -2.02. The Labute approximate surface area is 150 Å². The van der Waals surface area contributed by atoms with E-state index in [1.807, 2.05) is 16.8 Å². The first kappa shape index (κ1) is 16.4. The van der Waals surface area contributed by atoms with E-state index in [9.17, 15) is 9.59 Å². The van der Waals surface area contributed by atoms with Crippen molar-refractivity contribution in [2.45, 2.75) is 49.8 Å². The molecule has 0 radical (unpaired) electrons. The zero-order valence-electron chi connectivity index (χ0n) is 14.0. The summed E-state index contributed by atoms with van der Waals surface area (Å²) >= 11 is 1.48. The number of pyridine rings is 1. The minimum absolute atomic E-state index is 0.0565. The van der Waals surface area contributed by atoms with Crippen molar-refractivity contribution >= 4 is 23.5 Å². The summed E-state index contributed by atoms with van der Waals surface area (Å²) in [7, 11) is 0. The molecule has 2 aliphatic rings. The van der Waals surface area contributed by atoms with E-state index in [2.05, 4.69) is 15.4 Å². The molecule has 1 amide bonds. The molecule has 4 rings (SSSR count). The third-order valence-corrected chi connectivity index (χ3v) is 6.31. The van der Waals surface area contributed by atoms with Gasteiger partial charge in [-0.25, -0.2) is 0 Å². The summed E-state index contributed by atoms with van der Waals surface area (Å²) in [6, 6.07) is 4.08. The molecular formula is C18H22N4O2S. The molecule has 2 aromatic rings. The number of hydrogen-bond acceptors (Lipinski definition) is 4. The molecule has 2 aromatic heterocycles. The summed E-state index contributed by atoms with van der Waals surface area (Å²) in [5.41, 5.74) is 1.49. The Morgan fingerprint density at radius 2 is 1.96 bits per heavy atom. The fourth-order valence-corrected chi connectivity index (χ4v) is 4.94. The number of carbonyl (C=O) groups is 1. The third kappa shape index (κ3) is 3.25. The van der Waals surface area contributed by atoms with Crippen LogP contribution in [0.25, 0.3) is 0 Å². The van der Waals surface area contributed by atoms with Crippen molar-refractivity contribution < 1.29 is 4.79 Å². The number of H-pyrrole nitrogens is 1. The van der Waals surface area contributed by atoms with Gasteiger partial charge < -0.3 is 5.32 Å². The first-order chi connectivity index (χ1) is 12.2. The number of rotatable bonds is 2. The zero-order valence-corrected chi connectivity index (χ0v) is 14.8. The number of aromatic nitrogens is 3. The molecule has 7 heteroatoms. The van der Waals surface area contributed by atoms with Crippen LogP contribution in [0.2, 0.25) is 0 Å². The van der Waals surface area contributed by atoms with Crippen LogP contribution >= 0.6 is 11.8 Å². The van der Waals surface area contributed by atoms with Crippen molar-refractivity contribution in [1.29, 1.82) is 0 Å². The topological polar surface area (TPSA) is 79.8 Å². The summed E-state index contributed by atoms with van der Waals surface area (Å²) in [4.78, 5) is 29.2. The maximum atomic E-state index is 12.8. The van der Waals surface area contributed by atoms with E-state index < -0.39 is 0 Å². The Morgan fingerprint density at radius 1 is 1.16 bits per heavy atom. The SMILES string of the molecule is O=C1CS[C@@H](c2cccnc2)c2c(n(C3CCCCCC3)[nH]c2=O)N1. The van der Waals surface area contributed by atoms with E-state index in [0.29, 0.717) is 17.1 Å². The van der Waals surface area contributed by atoms with Gasteiger partial charge in [0.15, 0.2) is 0 Å². The Balaban J connectivity index is 1.80. The average molecular weight is 358 g/mol. The lowest BCUT2D eigenvalue weighted by Gasteiger charge is -2.19. The van der Waals surface area contributed by atoms with Crippen LogP contribution in [-0.4, -0.2) is 26.4 Å². The van der Waals surface area contributed by atoms with Gasteiger partial charge >= 0.3 is 0 Å². The molecule has 25 heavy (non-hydrogen) atoms. The van der Waals surface area contributed by atoms with E-state index in [1.165, 1.54) is 24.6 Å². The molecule has 1 fully saturated rings. The quantitative estimate of drug-likeness (QED) is 0.808. The molecular weight excluding hydrogens is 336 g/mol. The van der Waals surface area contributed by atoms with Crippen molar-refractivity contribution in [2.24, 2.45) is 0 Å². The highest BCUT2D eigenvalue weighted by Crippen LogP contribution is 2.41. The van der Waals surface area contributed by atoms with Crippen LogP contribution in [0.5, 0.6) is 0 Å². The third-order valence-electron chi connectivity index (χ3n) is 5.04. The van der Waals surface area contributed by atoms with Gasteiger partial charge in [-0.2, -0.15) is 0 Å². The summed E-state index contributed by atoms with van der Waals surface area (Å²) in [6.45, 7) is 0. The Kier molecular flexibility index (Phi) is 4.65. The van der Waals surface area contributed by atoms with Crippen LogP contribution in [-0.2, 0) is 4.79 Å². The van der Waals surface area contributed by atoms with Gasteiger partial charge in [0.1, 0.15) is 5.82 Å². The Morgan fingerprint density at radius 3 is 2.68 bits per heavy atom. The number of aromatic amines is 1. The highest BCUT2D eigenvalue weighted by molar-refractivity contribution is 8.00. The number of thioether (sulfide) groups is 1. The normalized spacial score (nSPS) is 21.9. The van der Waals surface area contributed by atoms with Gasteiger partial charge in [0.05, 0.1) is 22.6 Å². The largest absolute Gasteiger partial charge is 0.310 e. The van der Waals surface area contributed by atoms with Crippen LogP contribution in [0.4, 0.5) is 5.82 Å². The molecule has 0 saturated heterocycles. The minimum Gasteiger partial charge on any atom is -0.310 e. The fraction of sp³-hybridized carbons (Fsp3) is 0.500. The average Bonchev–Trinajstić information content (AvgIpc) is 2.84. The first-order valence-electron chi connectivity index (χ1n) is 8.90.